The summed E-state index contributed by atoms with van der Waals surface area (Å²) in [5, 5.41) is 0. The second-order valence-corrected chi connectivity index (χ2v) is 4.01. The molecule has 1 nitrogen and oxygen atoms in total. The lowest BCUT2D eigenvalue weighted by Gasteiger charge is -2.34. The van der Waals surface area contributed by atoms with E-state index >= 15 is 0 Å². The summed E-state index contributed by atoms with van der Waals surface area (Å²) >= 11 is 1.98. The van der Waals surface area contributed by atoms with Crippen molar-refractivity contribution in [2.75, 3.05) is 18.1 Å². The number of thioether (sulfide) groups is 1. The van der Waals surface area contributed by atoms with Crippen molar-refractivity contribution in [2.24, 2.45) is 0 Å². The van der Waals surface area contributed by atoms with Crippen molar-refractivity contribution >= 4 is 11.8 Å². The van der Waals surface area contributed by atoms with Crippen LogP contribution in [0.1, 0.15) is 13.8 Å². The van der Waals surface area contributed by atoms with Crippen molar-refractivity contribution in [3.8, 4) is 0 Å². The van der Waals surface area contributed by atoms with Gasteiger partial charge in [-0.3, -0.25) is 0 Å². The van der Waals surface area contributed by atoms with Gasteiger partial charge in [0.2, 0.25) is 0 Å². The molecule has 1 saturated heterocycles. The molecule has 0 saturated carbocycles. The van der Waals surface area contributed by atoms with Crippen LogP contribution in [0, 0.1) is 0 Å². The van der Waals surface area contributed by atoms with Crippen LogP contribution in [0.2, 0.25) is 0 Å². The maximum Gasteiger partial charge on any atom is 0.0329 e. The molecule has 0 aromatic rings. The molecule has 58 valence electrons. The predicted molar refractivity (Wildman–Crippen MR) is 48.3 cm³/mol. The molecule has 0 unspecified atom stereocenters. The molecule has 0 amide bonds. The monoisotopic (exact) mass is 157 g/mol. The molecule has 0 spiro atoms. The van der Waals surface area contributed by atoms with Gasteiger partial charge in [0.1, 0.15) is 0 Å². The topological polar surface area (TPSA) is 3.24 Å². The Bertz CT molecular complexity index is 131. The van der Waals surface area contributed by atoms with Crippen LogP contribution >= 0.6 is 11.8 Å². The van der Waals surface area contributed by atoms with E-state index in [-0.39, 0.29) is 0 Å². The third-order valence-electron chi connectivity index (χ3n) is 1.77. The van der Waals surface area contributed by atoms with E-state index in [1.807, 2.05) is 11.8 Å². The van der Waals surface area contributed by atoms with Crippen molar-refractivity contribution in [3.05, 3.63) is 12.3 Å². The second-order valence-electron chi connectivity index (χ2n) is 2.91. The predicted octanol–water partition coefficient (Wildman–Crippen LogP) is 1.96. The highest BCUT2D eigenvalue weighted by atomic mass is 32.2. The van der Waals surface area contributed by atoms with Gasteiger partial charge in [-0.05, 0) is 13.8 Å². The zero-order chi connectivity index (χ0) is 7.56. The molecule has 0 aliphatic carbocycles. The highest BCUT2D eigenvalue weighted by Gasteiger charge is 2.14. The van der Waals surface area contributed by atoms with Gasteiger partial charge in [0.15, 0.2) is 0 Å². The van der Waals surface area contributed by atoms with E-state index in [1.165, 1.54) is 18.0 Å². The van der Waals surface area contributed by atoms with Crippen molar-refractivity contribution in [3.63, 3.8) is 0 Å². The van der Waals surface area contributed by atoms with Crippen LogP contribution in [-0.4, -0.2) is 29.0 Å². The first-order valence-electron chi connectivity index (χ1n) is 3.74. The molecular formula is C8H15NS. The fourth-order valence-electron chi connectivity index (χ4n) is 1.22. The van der Waals surface area contributed by atoms with Gasteiger partial charge in [-0.25, -0.2) is 0 Å². The number of nitrogens with zero attached hydrogens (tertiary/aromatic N) is 1. The smallest absolute Gasteiger partial charge is 0.0329 e. The number of hydrogen-bond donors (Lipinski definition) is 0. The van der Waals surface area contributed by atoms with Gasteiger partial charge in [0, 0.05) is 29.8 Å². The first kappa shape index (κ1) is 7.99. The van der Waals surface area contributed by atoms with E-state index < -0.39 is 0 Å². The molecule has 0 aromatic heterocycles. The molecule has 1 aliphatic rings. The largest absolute Gasteiger partial charge is 0.371 e. The van der Waals surface area contributed by atoms with Gasteiger partial charge >= 0.3 is 0 Å². The lowest BCUT2D eigenvalue weighted by molar-refractivity contribution is 0.299. The van der Waals surface area contributed by atoms with E-state index in [4.69, 9.17) is 0 Å². The third-order valence-corrected chi connectivity index (χ3v) is 2.78. The maximum atomic E-state index is 4.02. The Kier molecular flexibility index (Phi) is 2.66. The Hall–Kier alpha value is -0.110. The highest BCUT2D eigenvalue weighted by Crippen LogP contribution is 2.19. The van der Waals surface area contributed by atoms with Gasteiger partial charge < -0.3 is 4.90 Å². The van der Waals surface area contributed by atoms with E-state index in [2.05, 4.69) is 25.3 Å². The van der Waals surface area contributed by atoms with Gasteiger partial charge in [-0.2, -0.15) is 11.8 Å². The molecule has 10 heavy (non-hydrogen) atoms. The van der Waals surface area contributed by atoms with Gasteiger partial charge in [-0.15, -0.1) is 0 Å². The van der Waals surface area contributed by atoms with Crippen molar-refractivity contribution < 1.29 is 0 Å². The maximum absolute atomic E-state index is 4.02. The molecule has 0 atom stereocenters. The minimum Gasteiger partial charge on any atom is -0.371 e. The number of rotatable bonds is 1. The first-order valence-corrected chi connectivity index (χ1v) is 4.89. The lowest BCUT2D eigenvalue weighted by atomic mass is 10.3. The normalized spacial score (nSPS) is 20.3. The molecule has 0 bridgehead atoms. The zero-order valence-corrected chi connectivity index (χ0v) is 7.58. The fourth-order valence-corrected chi connectivity index (χ4v) is 2.09. The average molecular weight is 157 g/mol. The van der Waals surface area contributed by atoms with Crippen LogP contribution in [0.5, 0.6) is 0 Å². The average Bonchev–Trinajstić information content (AvgIpc) is 1.88. The highest BCUT2D eigenvalue weighted by molar-refractivity contribution is 7.99. The zero-order valence-electron chi connectivity index (χ0n) is 6.76. The molecule has 0 N–H and O–H groups in total. The molecular weight excluding hydrogens is 142 g/mol. The Morgan fingerprint density at radius 1 is 1.60 bits per heavy atom. The van der Waals surface area contributed by atoms with Crippen molar-refractivity contribution in [2.45, 2.75) is 19.9 Å². The molecule has 1 rings (SSSR count). The van der Waals surface area contributed by atoms with Gasteiger partial charge in [-0.1, -0.05) is 6.58 Å². The van der Waals surface area contributed by atoms with Crippen molar-refractivity contribution in [1.82, 2.24) is 4.90 Å². The summed E-state index contributed by atoms with van der Waals surface area (Å²) < 4.78 is 0. The summed E-state index contributed by atoms with van der Waals surface area (Å²) in [5.74, 6) is 2.38. The minimum atomic E-state index is 0.633. The lowest BCUT2D eigenvalue weighted by Crippen LogP contribution is -2.35. The van der Waals surface area contributed by atoms with Crippen LogP contribution in [0.25, 0.3) is 0 Å². The standard InChI is InChI=1S/C8H15NS/c1-7(2)9-4-5-10-6-8(9)3/h7H,3-6H2,1-2H3. The van der Waals surface area contributed by atoms with Crippen molar-refractivity contribution in [1.29, 1.82) is 0 Å². The second kappa shape index (κ2) is 3.33. The molecule has 1 fully saturated rings. The quantitative estimate of drug-likeness (QED) is 0.572. The third kappa shape index (κ3) is 1.69. The molecule has 0 aromatic carbocycles. The van der Waals surface area contributed by atoms with Crippen LogP contribution in [0.4, 0.5) is 0 Å². The molecule has 2 heteroatoms. The van der Waals surface area contributed by atoms with E-state index in [0.29, 0.717) is 6.04 Å². The minimum absolute atomic E-state index is 0.633. The Morgan fingerprint density at radius 3 is 2.70 bits per heavy atom. The Morgan fingerprint density at radius 2 is 2.30 bits per heavy atom. The Balaban J connectivity index is 2.48. The first-order chi connectivity index (χ1) is 4.72. The molecule has 1 aliphatic heterocycles. The fraction of sp³-hybridized carbons (Fsp3) is 0.750. The van der Waals surface area contributed by atoms with Gasteiger partial charge in [0.25, 0.3) is 0 Å². The Labute approximate surface area is 67.5 Å². The molecule has 0 radical (unpaired) electrons. The summed E-state index contributed by atoms with van der Waals surface area (Å²) in [6, 6.07) is 0.633. The summed E-state index contributed by atoms with van der Waals surface area (Å²) in [5.41, 5.74) is 1.30. The van der Waals surface area contributed by atoms with E-state index in [1.54, 1.807) is 0 Å². The van der Waals surface area contributed by atoms with Crippen LogP contribution in [0.3, 0.4) is 0 Å². The molecule has 1 heterocycles. The summed E-state index contributed by atoms with van der Waals surface area (Å²) in [6.45, 7) is 9.65. The SMILES string of the molecule is C=C1CSCCN1C(C)C. The summed E-state index contributed by atoms with van der Waals surface area (Å²) in [4.78, 5) is 2.39. The summed E-state index contributed by atoms with van der Waals surface area (Å²) in [6.07, 6.45) is 0. The van der Waals surface area contributed by atoms with Crippen LogP contribution in [0.15, 0.2) is 12.3 Å². The van der Waals surface area contributed by atoms with E-state index in [0.717, 1.165) is 5.75 Å². The number of hydrogen-bond acceptors (Lipinski definition) is 2. The summed E-state index contributed by atoms with van der Waals surface area (Å²) in [7, 11) is 0. The van der Waals surface area contributed by atoms with E-state index in [9.17, 15) is 0 Å². The van der Waals surface area contributed by atoms with Crippen LogP contribution < -0.4 is 0 Å². The van der Waals surface area contributed by atoms with Gasteiger partial charge in [0.05, 0.1) is 0 Å². The van der Waals surface area contributed by atoms with Crippen LogP contribution in [-0.2, 0) is 0 Å².